The third kappa shape index (κ3) is 3.40. The van der Waals surface area contributed by atoms with E-state index in [-0.39, 0.29) is 23.7 Å². The smallest absolute Gasteiger partial charge is 0.338 e. The molecule has 0 atom stereocenters. The van der Waals surface area contributed by atoms with Crippen molar-refractivity contribution in [3.8, 4) is 11.4 Å². The van der Waals surface area contributed by atoms with E-state index in [9.17, 15) is 14.4 Å². The van der Waals surface area contributed by atoms with Crippen LogP contribution in [-0.4, -0.2) is 27.9 Å². The summed E-state index contributed by atoms with van der Waals surface area (Å²) < 4.78 is 10.4. The number of aromatic nitrogens is 2. The van der Waals surface area contributed by atoms with E-state index < -0.39 is 17.8 Å². The highest BCUT2D eigenvalue weighted by atomic mass is 32.1. The van der Waals surface area contributed by atoms with Crippen LogP contribution in [0.5, 0.6) is 0 Å². The van der Waals surface area contributed by atoms with Crippen molar-refractivity contribution in [2.75, 3.05) is 4.90 Å². The van der Waals surface area contributed by atoms with Gasteiger partial charge in [-0.3, -0.25) is 9.59 Å². The van der Waals surface area contributed by atoms with Crippen molar-refractivity contribution in [2.45, 2.75) is 6.61 Å². The number of nitrogens with zero attached hydrogens (tertiary/aromatic N) is 3. The van der Waals surface area contributed by atoms with Crippen molar-refractivity contribution >= 4 is 34.8 Å². The number of esters is 1. The predicted octanol–water partition coefficient (Wildman–Crippen LogP) is 3.96. The molecule has 0 radical (unpaired) electrons. The maximum absolute atomic E-state index is 12.7. The number of ether oxygens (including phenoxy) is 1. The fourth-order valence-corrected chi connectivity index (χ4v) is 3.86. The van der Waals surface area contributed by atoms with Crippen molar-refractivity contribution in [1.82, 2.24) is 10.1 Å². The van der Waals surface area contributed by atoms with Gasteiger partial charge in [-0.25, -0.2) is 9.69 Å². The molecule has 1 aliphatic rings. The van der Waals surface area contributed by atoms with Gasteiger partial charge in [-0.15, -0.1) is 0 Å². The summed E-state index contributed by atoms with van der Waals surface area (Å²) >= 11 is 1.51. The highest BCUT2D eigenvalue weighted by molar-refractivity contribution is 7.08. The summed E-state index contributed by atoms with van der Waals surface area (Å²) in [5.74, 6) is -0.935. The van der Waals surface area contributed by atoms with Crippen LogP contribution in [0.2, 0.25) is 0 Å². The van der Waals surface area contributed by atoms with Crippen LogP contribution in [-0.2, 0) is 11.3 Å². The summed E-state index contributed by atoms with van der Waals surface area (Å²) in [6.45, 7) is -0.201. The molecule has 0 aliphatic carbocycles. The molecule has 0 bridgehead atoms. The first-order chi connectivity index (χ1) is 15.1. The number of carbonyl (C=O) groups excluding carboxylic acids is 3. The number of anilines is 1. The average Bonchev–Trinajstić information content (AvgIpc) is 3.53. The first-order valence-corrected chi connectivity index (χ1v) is 10.2. The highest BCUT2D eigenvalue weighted by Gasteiger charge is 2.36. The van der Waals surface area contributed by atoms with Crippen LogP contribution in [0.25, 0.3) is 11.4 Å². The number of fused-ring (bicyclic) bond motifs is 1. The first-order valence-electron chi connectivity index (χ1n) is 9.22. The Bertz CT molecular complexity index is 1280. The molecular weight excluding hydrogens is 418 g/mol. The molecule has 9 heteroatoms. The lowest BCUT2D eigenvalue weighted by atomic mass is 10.1. The largest absolute Gasteiger partial charge is 0.452 e. The molecule has 2 aromatic heterocycles. The van der Waals surface area contributed by atoms with Crippen LogP contribution in [0.4, 0.5) is 5.69 Å². The van der Waals surface area contributed by atoms with Gasteiger partial charge >= 0.3 is 5.97 Å². The van der Waals surface area contributed by atoms with Gasteiger partial charge in [0.2, 0.25) is 5.82 Å². The second-order valence-electron chi connectivity index (χ2n) is 6.64. The number of imide groups is 1. The van der Waals surface area contributed by atoms with Gasteiger partial charge in [-0.2, -0.15) is 16.3 Å². The second-order valence-corrected chi connectivity index (χ2v) is 7.42. The van der Waals surface area contributed by atoms with Crippen LogP contribution in [0.1, 0.15) is 37.0 Å². The number of amides is 2. The highest BCUT2D eigenvalue weighted by Crippen LogP contribution is 2.29. The van der Waals surface area contributed by atoms with E-state index in [0.29, 0.717) is 17.0 Å². The summed E-state index contributed by atoms with van der Waals surface area (Å²) in [5, 5.41) is 7.64. The summed E-state index contributed by atoms with van der Waals surface area (Å²) in [7, 11) is 0. The van der Waals surface area contributed by atoms with Gasteiger partial charge in [-0.1, -0.05) is 23.4 Å². The lowest BCUT2D eigenvalue weighted by molar-refractivity contribution is 0.0429. The van der Waals surface area contributed by atoms with Gasteiger partial charge in [0.1, 0.15) is 0 Å². The molecule has 0 saturated carbocycles. The molecule has 5 rings (SSSR count). The Morgan fingerprint density at radius 1 is 1.03 bits per heavy atom. The molecule has 0 N–H and O–H groups in total. The van der Waals surface area contributed by atoms with Gasteiger partial charge in [0.05, 0.1) is 22.4 Å². The monoisotopic (exact) mass is 431 g/mol. The Kier molecular flexibility index (Phi) is 4.64. The minimum Gasteiger partial charge on any atom is -0.452 e. The summed E-state index contributed by atoms with van der Waals surface area (Å²) in [6.07, 6.45) is 0. The van der Waals surface area contributed by atoms with Crippen LogP contribution in [0, 0.1) is 0 Å². The van der Waals surface area contributed by atoms with Gasteiger partial charge in [-0.05, 0) is 41.8 Å². The van der Waals surface area contributed by atoms with Gasteiger partial charge in [0, 0.05) is 10.9 Å². The fourth-order valence-electron chi connectivity index (χ4n) is 3.23. The van der Waals surface area contributed by atoms with E-state index >= 15 is 0 Å². The van der Waals surface area contributed by atoms with Crippen LogP contribution in [0.15, 0.2) is 69.9 Å². The molecule has 0 unspecified atom stereocenters. The van der Waals surface area contributed by atoms with Crippen molar-refractivity contribution in [3.05, 3.63) is 87.9 Å². The minimum atomic E-state index is -0.645. The second kappa shape index (κ2) is 7.62. The molecule has 1 aliphatic heterocycles. The molecule has 2 amide bonds. The van der Waals surface area contributed by atoms with Gasteiger partial charge < -0.3 is 9.26 Å². The predicted molar refractivity (Wildman–Crippen MR) is 111 cm³/mol. The normalized spacial score (nSPS) is 12.8. The molecule has 0 spiro atoms. The number of rotatable bonds is 5. The standard InChI is InChI=1S/C22H13N3O5S/c26-20-16-6-1-2-7-17(16)21(27)25(20)15-5-3-4-13(10-15)22(28)29-11-18-23-19(24-30-18)14-8-9-31-12-14/h1-10,12H,11H2. The Hall–Kier alpha value is -4.11. The maximum Gasteiger partial charge on any atom is 0.338 e. The Labute approximate surface area is 179 Å². The number of thiophene rings is 1. The van der Waals surface area contributed by atoms with E-state index in [1.807, 2.05) is 16.8 Å². The number of hydrogen-bond donors (Lipinski definition) is 0. The van der Waals surface area contributed by atoms with Crippen molar-refractivity contribution in [3.63, 3.8) is 0 Å². The zero-order valence-electron chi connectivity index (χ0n) is 15.8. The summed E-state index contributed by atoms with van der Waals surface area (Å²) in [5.41, 5.74) is 1.96. The Morgan fingerprint density at radius 3 is 2.52 bits per heavy atom. The SMILES string of the molecule is O=C(OCc1nc(-c2ccsc2)no1)c1cccc(N2C(=O)c3ccccc3C2=O)c1. The first kappa shape index (κ1) is 18.9. The quantitative estimate of drug-likeness (QED) is 0.348. The lowest BCUT2D eigenvalue weighted by Gasteiger charge is -2.14. The van der Waals surface area contributed by atoms with E-state index in [4.69, 9.17) is 9.26 Å². The van der Waals surface area contributed by atoms with Crippen LogP contribution >= 0.6 is 11.3 Å². The number of benzene rings is 2. The van der Waals surface area contributed by atoms with Crippen molar-refractivity contribution in [1.29, 1.82) is 0 Å². The lowest BCUT2D eigenvalue weighted by Crippen LogP contribution is -2.29. The fraction of sp³-hybridized carbons (Fsp3) is 0.0455. The molecule has 4 aromatic rings. The molecular formula is C22H13N3O5S. The number of hydrogen-bond acceptors (Lipinski definition) is 8. The number of carbonyl (C=O) groups is 3. The average molecular weight is 431 g/mol. The zero-order valence-corrected chi connectivity index (χ0v) is 16.7. The third-order valence-electron chi connectivity index (χ3n) is 4.71. The zero-order chi connectivity index (χ0) is 21.4. The molecule has 8 nitrogen and oxygen atoms in total. The van der Waals surface area contributed by atoms with E-state index in [1.54, 1.807) is 36.4 Å². The van der Waals surface area contributed by atoms with Gasteiger partial charge in [0.25, 0.3) is 17.7 Å². The van der Waals surface area contributed by atoms with E-state index in [1.165, 1.54) is 23.5 Å². The summed E-state index contributed by atoms with van der Waals surface area (Å²) in [4.78, 5) is 43.1. The van der Waals surface area contributed by atoms with Crippen molar-refractivity contribution < 1.29 is 23.6 Å². The van der Waals surface area contributed by atoms with Crippen LogP contribution in [0.3, 0.4) is 0 Å². The van der Waals surface area contributed by atoms with Crippen LogP contribution < -0.4 is 4.90 Å². The Morgan fingerprint density at radius 2 is 1.81 bits per heavy atom. The summed E-state index contributed by atoms with van der Waals surface area (Å²) in [6, 6.07) is 14.6. The molecule has 0 saturated heterocycles. The third-order valence-corrected chi connectivity index (χ3v) is 5.39. The molecule has 3 heterocycles. The maximum atomic E-state index is 12.7. The molecule has 152 valence electrons. The molecule has 2 aromatic carbocycles. The minimum absolute atomic E-state index is 0.158. The van der Waals surface area contributed by atoms with Gasteiger partial charge in [0.15, 0.2) is 6.61 Å². The van der Waals surface area contributed by atoms with E-state index in [0.717, 1.165) is 10.5 Å². The molecule has 31 heavy (non-hydrogen) atoms. The topological polar surface area (TPSA) is 103 Å². The molecule has 0 fully saturated rings. The Balaban J connectivity index is 1.31. The van der Waals surface area contributed by atoms with Crippen molar-refractivity contribution in [2.24, 2.45) is 0 Å². The van der Waals surface area contributed by atoms with E-state index in [2.05, 4.69) is 10.1 Å².